The van der Waals surface area contributed by atoms with Crippen molar-refractivity contribution in [1.29, 1.82) is 0 Å². The molecule has 0 fully saturated rings. The fourth-order valence-corrected chi connectivity index (χ4v) is 2.62. The van der Waals surface area contributed by atoms with Crippen molar-refractivity contribution in [1.82, 2.24) is 5.32 Å². The van der Waals surface area contributed by atoms with Crippen LogP contribution in [-0.4, -0.2) is 37.8 Å². The molecule has 0 aliphatic carbocycles. The van der Waals surface area contributed by atoms with Crippen LogP contribution in [0.15, 0.2) is 69.9 Å². The van der Waals surface area contributed by atoms with Crippen molar-refractivity contribution in [2.24, 2.45) is 15.3 Å². The number of hydrogen-bond acceptors (Lipinski definition) is 6. The lowest BCUT2D eigenvalue weighted by molar-refractivity contribution is -0.117. The number of carbonyl (C=O) groups excluding carboxylic acids is 2. The van der Waals surface area contributed by atoms with Crippen LogP contribution in [0.5, 0.6) is 0 Å². The summed E-state index contributed by atoms with van der Waals surface area (Å²) in [5, 5.41) is 16.5. The second-order valence-electron chi connectivity index (χ2n) is 6.15. The van der Waals surface area contributed by atoms with Gasteiger partial charge in [-0.2, -0.15) is 15.2 Å². The van der Waals surface area contributed by atoms with E-state index in [2.05, 4.69) is 20.6 Å². The number of anilines is 2. The number of amidine groups is 1. The lowest BCUT2D eigenvalue weighted by Crippen LogP contribution is -2.38. The number of amides is 2. The van der Waals surface area contributed by atoms with Crippen LogP contribution in [-0.2, 0) is 9.59 Å². The third kappa shape index (κ3) is 4.00. The smallest absolute Gasteiger partial charge is 0.282 e. The molecule has 0 saturated heterocycles. The highest BCUT2D eigenvalue weighted by atomic mass is 16.2. The molecule has 0 radical (unpaired) electrons. The second kappa shape index (κ2) is 7.77. The van der Waals surface area contributed by atoms with Crippen LogP contribution in [0.1, 0.15) is 6.92 Å². The van der Waals surface area contributed by atoms with Gasteiger partial charge in [-0.25, -0.2) is 0 Å². The molecule has 0 aromatic heterocycles. The predicted molar refractivity (Wildman–Crippen MR) is 104 cm³/mol. The normalized spacial score (nSPS) is 16.6. The van der Waals surface area contributed by atoms with E-state index in [4.69, 9.17) is 0 Å². The van der Waals surface area contributed by atoms with Crippen LogP contribution in [0.4, 0.5) is 17.1 Å². The van der Waals surface area contributed by atoms with Gasteiger partial charge in [0.2, 0.25) is 11.9 Å². The Kier molecular flexibility index (Phi) is 5.25. The van der Waals surface area contributed by atoms with Gasteiger partial charge >= 0.3 is 0 Å². The molecule has 0 spiro atoms. The van der Waals surface area contributed by atoms with Gasteiger partial charge in [-0.1, -0.05) is 30.3 Å². The summed E-state index contributed by atoms with van der Waals surface area (Å²) in [6, 6.07) is 15.4. The maximum atomic E-state index is 12.8. The first-order valence-corrected chi connectivity index (χ1v) is 8.39. The van der Waals surface area contributed by atoms with Crippen molar-refractivity contribution >= 4 is 34.7 Å². The Morgan fingerprint density at radius 2 is 1.78 bits per heavy atom. The number of azo groups is 1. The van der Waals surface area contributed by atoms with E-state index in [0.717, 1.165) is 5.69 Å². The second-order valence-corrected chi connectivity index (χ2v) is 6.15. The van der Waals surface area contributed by atoms with Gasteiger partial charge in [-0.15, -0.1) is 5.10 Å². The molecule has 2 aromatic carbocycles. The van der Waals surface area contributed by atoms with E-state index in [9.17, 15) is 9.59 Å². The maximum Gasteiger partial charge on any atom is 0.282 e. The molecule has 8 nitrogen and oxygen atoms in total. The van der Waals surface area contributed by atoms with E-state index in [1.807, 2.05) is 49.3 Å². The highest BCUT2D eigenvalue weighted by molar-refractivity contribution is 6.21. The number of nitrogens with one attached hydrogen (secondary N) is 1. The summed E-state index contributed by atoms with van der Waals surface area (Å²) >= 11 is 0. The number of nitrogens with zero attached hydrogens (tertiary/aromatic N) is 5. The first-order chi connectivity index (χ1) is 13.0. The highest BCUT2D eigenvalue weighted by Crippen LogP contribution is 2.28. The number of para-hydroxylation sites is 2. The first-order valence-electron chi connectivity index (χ1n) is 8.39. The van der Waals surface area contributed by atoms with Gasteiger partial charge in [0, 0.05) is 21.0 Å². The third-order valence-corrected chi connectivity index (χ3v) is 3.86. The molecule has 3 rings (SSSR count). The van der Waals surface area contributed by atoms with Crippen molar-refractivity contribution in [3.8, 4) is 0 Å². The summed E-state index contributed by atoms with van der Waals surface area (Å²) in [7, 11) is 3.80. The van der Waals surface area contributed by atoms with E-state index in [1.54, 1.807) is 24.3 Å². The molecule has 138 valence electrons. The Morgan fingerprint density at radius 3 is 2.44 bits per heavy atom. The number of carbonyl (C=O) groups is 2. The zero-order chi connectivity index (χ0) is 19.4. The van der Waals surface area contributed by atoms with E-state index in [-0.39, 0.29) is 17.6 Å². The Bertz CT molecular complexity index is 907. The average molecular weight is 364 g/mol. The van der Waals surface area contributed by atoms with Gasteiger partial charge in [0.25, 0.3) is 5.91 Å². The molecule has 1 heterocycles. The minimum Gasteiger partial charge on any atom is -0.376 e. The Balaban J connectivity index is 1.93. The standard InChI is InChI=1S/C19H20N6O2/c1-13(26)20-18-17(19(27)25(23-18)14-9-5-4-6-10-14)22-21-15-11-7-8-12-16(15)24(2)3/h4-12,17H,1-3H3,(H,20,23,26). The number of rotatable bonds is 4. The largest absolute Gasteiger partial charge is 0.376 e. The van der Waals surface area contributed by atoms with Gasteiger partial charge in [0.1, 0.15) is 5.69 Å². The number of benzene rings is 2. The number of hydrogen-bond donors (Lipinski definition) is 1. The molecule has 0 saturated carbocycles. The fraction of sp³-hybridized carbons (Fsp3) is 0.211. The molecule has 1 N–H and O–H groups in total. The maximum absolute atomic E-state index is 12.8. The van der Waals surface area contributed by atoms with Crippen LogP contribution in [0.2, 0.25) is 0 Å². The zero-order valence-electron chi connectivity index (χ0n) is 15.3. The molecule has 2 amide bonds. The predicted octanol–water partition coefficient (Wildman–Crippen LogP) is 2.70. The Labute approximate surface area is 157 Å². The summed E-state index contributed by atoms with van der Waals surface area (Å²) < 4.78 is 0. The molecule has 8 heteroatoms. The van der Waals surface area contributed by atoms with Gasteiger partial charge in [0.15, 0.2) is 5.84 Å². The van der Waals surface area contributed by atoms with Gasteiger partial charge in [-0.3, -0.25) is 9.59 Å². The van der Waals surface area contributed by atoms with Crippen LogP contribution >= 0.6 is 0 Å². The molecule has 1 unspecified atom stereocenters. The molecule has 1 atom stereocenters. The molecule has 1 aliphatic rings. The number of hydrazone groups is 1. The van der Waals surface area contributed by atoms with E-state index >= 15 is 0 Å². The molecule has 27 heavy (non-hydrogen) atoms. The van der Waals surface area contributed by atoms with Crippen molar-refractivity contribution in [3.63, 3.8) is 0 Å². The summed E-state index contributed by atoms with van der Waals surface area (Å²) in [6.07, 6.45) is 0. The van der Waals surface area contributed by atoms with Gasteiger partial charge < -0.3 is 10.2 Å². The fourth-order valence-electron chi connectivity index (χ4n) is 2.62. The quantitative estimate of drug-likeness (QED) is 0.846. The van der Waals surface area contributed by atoms with Crippen LogP contribution < -0.4 is 15.2 Å². The first kappa shape index (κ1) is 18.2. The molecule has 1 aliphatic heterocycles. The van der Waals surface area contributed by atoms with Crippen LogP contribution in [0.25, 0.3) is 0 Å². The SMILES string of the molecule is CC(=O)NC1=NN(c2ccccc2)C(=O)C1N=Nc1ccccc1N(C)C. The summed E-state index contributed by atoms with van der Waals surface area (Å²) in [4.78, 5) is 26.3. The minimum absolute atomic E-state index is 0.155. The van der Waals surface area contributed by atoms with Crippen LogP contribution in [0.3, 0.4) is 0 Å². The molecular formula is C19H20N6O2. The van der Waals surface area contributed by atoms with Gasteiger partial charge in [0.05, 0.1) is 11.4 Å². The Morgan fingerprint density at radius 1 is 1.11 bits per heavy atom. The van der Waals surface area contributed by atoms with Crippen molar-refractivity contribution in [2.45, 2.75) is 13.0 Å². The molecule has 0 bridgehead atoms. The summed E-state index contributed by atoms with van der Waals surface area (Å²) in [6.45, 7) is 1.35. The Hall–Kier alpha value is -3.55. The van der Waals surface area contributed by atoms with Crippen LogP contribution in [0, 0.1) is 0 Å². The van der Waals surface area contributed by atoms with Crippen molar-refractivity contribution < 1.29 is 9.59 Å². The lowest BCUT2D eigenvalue weighted by atomic mass is 10.2. The van der Waals surface area contributed by atoms with E-state index < -0.39 is 6.04 Å². The average Bonchev–Trinajstić information content (AvgIpc) is 2.95. The van der Waals surface area contributed by atoms with Crippen molar-refractivity contribution in [3.05, 3.63) is 54.6 Å². The third-order valence-electron chi connectivity index (χ3n) is 3.86. The van der Waals surface area contributed by atoms with Gasteiger partial charge in [-0.05, 0) is 24.3 Å². The molecule has 2 aromatic rings. The van der Waals surface area contributed by atoms with Crippen molar-refractivity contribution in [2.75, 3.05) is 24.0 Å². The van der Waals surface area contributed by atoms with E-state index in [0.29, 0.717) is 11.4 Å². The summed E-state index contributed by atoms with van der Waals surface area (Å²) in [5.74, 6) is -0.552. The topological polar surface area (TPSA) is 89.7 Å². The minimum atomic E-state index is -1.01. The molecular weight excluding hydrogens is 344 g/mol. The monoisotopic (exact) mass is 364 g/mol. The highest BCUT2D eigenvalue weighted by Gasteiger charge is 2.38. The summed E-state index contributed by atoms with van der Waals surface area (Å²) in [5.41, 5.74) is 2.08. The van der Waals surface area contributed by atoms with E-state index in [1.165, 1.54) is 11.9 Å². The zero-order valence-corrected chi connectivity index (χ0v) is 15.3. The lowest BCUT2D eigenvalue weighted by Gasteiger charge is -2.14.